The Labute approximate surface area is 185 Å². The molecule has 2 aromatic carbocycles. The highest BCUT2D eigenvalue weighted by Gasteiger charge is 2.32. The molecule has 31 heavy (non-hydrogen) atoms. The lowest BCUT2D eigenvalue weighted by molar-refractivity contribution is -0.120. The Morgan fingerprint density at radius 1 is 1.13 bits per heavy atom. The third-order valence-corrected chi connectivity index (χ3v) is 7.69. The van der Waals surface area contributed by atoms with Crippen LogP contribution in [0, 0.1) is 12.8 Å². The van der Waals surface area contributed by atoms with E-state index >= 15 is 0 Å². The van der Waals surface area contributed by atoms with Crippen molar-refractivity contribution in [2.24, 2.45) is 5.92 Å². The molecule has 6 nitrogen and oxygen atoms in total. The van der Waals surface area contributed by atoms with E-state index in [2.05, 4.69) is 19.2 Å². The molecule has 3 rings (SSSR count). The second-order valence-corrected chi connectivity index (χ2v) is 10.2. The number of anilines is 1. The molecule has 0 bridgehead atoms. The molecule has 0 aliphatic carbocycles. The Kier molecular flexibility index (Phi) is 7.38. The van der Waals surface area contributed by atoms with E-state index in [0.717, 1.165) is 16.8 Å². The van der Waals surface area contributed by atoms with Gasteiger partial charge < -0.3 is 10.1 Å². The molecule has 1 saturated heterocycles. The molecule has 0 saturated carbocycles. The molecule has 0 aromatic heterocycles. The van der Waals surface area contributed by atoms with Gasteiger partial charge in [-0.15, -0.1) is 0 Å². The average Bonchev–Trinajstić information content (AvgIpc) is 2.75. The summed E-state index contributed by atoms with van der Waals surface area (Å²) >= 11 is 0. The molecule has 0 spiro atoms. The molecular formula is C24H32N2O4S. The van der Waals surface area contributed by atoms with Crippen LogP contribution in [0.2, 0.25) is 0 Å². The van der Waals surface area contributed by atoms with Crippen LogP contribution in [0.25, 0.3) is 0 Å². The van der Waals surface area contributed by atoms with Crippen LogP contribution in [-0.4, -0.2) is 38.3 Å². The van der Waals surface area contributed by atoms with Crippen molar-refractivity contribution in [3.63, 3.8) is 0 Å². The fourth-order valence-corrected chi connectivity index (χ4v) is 5.42. The third-order valence-electron chi connectivity index (χ3n) is 5.77. The molecule has 1 amide bonds. The van der Waals surface area contributed by atoms with Crippen molar-refractivity contribution in [1.29, 1.82) is 0 Å². The lowest BCUT2D eigenvalue weighted by Gasteiger charge is -2.31. The van der Waals surface area contributed by atoms with Crippen molar-refractivity contribution in [2.75, 3.05) is 25.0 Å². The number of amides is 1. The first-order chi connectivity index (χ1) is 14.7. The van der Waals surface area contributed by atoms with Gasteiger partial charge in [0.15, 0.2) is 0 Å². The Hall–Kier alpha value is -2.38. The zero-order valence-electron chi connectivity index (χ0n) is 18.7. The highest BCUT2D eigenvalue weighted by Crippen LogP contribution is 2.30. The molecule has 2 aromatic rings. The fourth-order valence-electron chi connectivity index (χ4n) is 3.95. The van der Waals surface area contributed by atoms with E-state index in [1.807, 2.05) is 32.0 Å². The maximum absolute atomic E-state index is 13.0. The van der Waals surface area contributed by atoms with Gasteiger partial charge in [-0.1, -0.05) is 32.0 Å². The van der Waals surface area contributed by atoms with Gasteiger partial charge in [0.05, 0.1) is 11.5 Å². The van der Waals surface area contributed by atoms with E-state index < -0.39 is 10.0 Å². The van der Waals surface area contributed by atoms with Gasteiger partial charge in [0.25, 0.3) is 0 Å². The van der Waals surface area contributed by atoms with E-state index in [0.29, 0.717) is 44.2 Å². The molecule has 0 unspecified atom stereocenters. The number of rotatable bonds is 7. The molecule has 0 radical (unpaired) electrons. The predicted octanol–water partition coefficient (Wildman–Crippen LogP) is 4.56. The monoisotopic (exact) mass is 444 g/mol. The number of carbonyl (C=O) groups is 1. The first kappa shape index (κ1) is 23.3. The lowest BCUT2D eigenvalue weighted by atomic mass is 9.95. The Morgan fingerprint density at radius 3 is 2.35 bits per heavy atom. The normalized spacial score (nSPS) is 15.8. The van der Waals surface area contributed by atoms with Crippen LogP contribution < -0.4 is 10.1 Å². The minimum atomic E-state index is -3.58. The van der Waals surface area contributed by atoms with Crippen LogP contribution in [0.4, 0.5) is 5.69 Å². The quantitative estimate of drug-likeness (QED) is 0.679. The van der Waals surface area contributed by atoms with E-state index in [-0.39, 0.29) is 16.7 Å². The van der Waals surface area contributed by atoms with Gasteiger partial charge >= 0.3 is 0 Å². The first-order valence-corrected chi connectivity index (χ1v) is 12.3. The SMILES string of the molecule is CCOc1ccc(S(=O)(=O)N2CCC(C(=O)Nc3c(C)cccc3C(C)C)CC2)cc1. The summed E-state index contributed by atoms with van der Waals surface area (Å²) in [6.07, 6.45) is 1.01. The summed E-state index contributed by atoms with van der Waals surface area (Å²) in [7, 11) is -3.58. The maximum atomic E-state index is 13.0. The van der Waals surface area contributed by atoms with Gasteiger partial charge in [-0.25, -0.2) is 8.42 Å². The molecule has 7 heteroatoms. The summed E-state index contributed by atoms with van der Waals surface area (Å²) in [6.45, 7) is 9.28. The standard InChI is InChI=1S/C24H32N2O4S/c1-5-30-20-9-11-21(12-10-20)31(28,29)26-15-13-19(14-16-26)24(27)25-23-18(4)7-6-8-22(23)17(2)3/h6-12,17,19H,5,13-16H2,1-4H3,(H,25,27). The van der Waals surface area contributed by atoms with E-state index in [4.69, 9.17) is 4.74 Å². The van der Waals surface area contributed by atoms with E-state index in [9.17, 15) is 13.2 Å². The van der Waals surface area contributed by atoms with Gasteiger partial charge in [-0.3, -0.25) is 4.79 Å². The van der Waals surface area contributed by atoms with Crippen LogP contribution in [0.1, 0.15) is 50.7 Å². The second kappa shape index (κ2) is 9.83. The van der Waals surface area contributed by atoms with Gasteiger partial charge in [0, 0.05) is 24.7 Å². The number of hydrogen-bond donors (Lipinski definition) is 1. The average molecular weight is 445 g/mol. The molecule has 0 atom stereocenters. The van der Waals surface area contributed by atoms with Crippen molar-refractivity contribution in [3.05, 3.63) is 53.6 Å². The number of hydrogen-bond acceptors (Lipinski definition) is 4. The van der Waals surface area contributed by atoms with Gasteiger partial charge in [0.1, 0.15) is 5.75 Å². The smallest absolute Gasteiger partial charge is 0.243 e. The largest absolute Gasteiger partial charge is 0.494 e. The molecule has 168 valence electrons. The summed E-state index contributed by atoms with van der Waals surface area (Å²) in [5, 5.41) is 3.11. The number of carbonyl (C=O) groups excluding carboxylic acids is 1. The summed E-state index contributed by atoms with van der Waals surface area (Å²) in [4.78, 5) is 13.2. The Balaban J connectivity index is 1.65. The van der Waals surface area contributed by atoms with Crippen LogP contribution >= 0.6 is 0 Å². The summed E-state index contributed by atoms with van der Waals surface area (Å²) in [5.74, 6) is 0.714. The highest BCUT2D eigenvalue weighted by molar-refractivity contribution is 7.89. The Bertz CT molecular complexity index is 1010. The number of ether oxygens (including phenoxy) is 1. The van der Waals surface area contributed by atoms with Crippen molar-refractivity contribution in [1.82, 2.24) is 4.31 Å². The minimum Gasteiger partial charge on any atom is -0.494 e. The molecule has 1 N–H and O–H groups in total. The van der Waals surface area contributed by atoms with Crippen molar-refractivity contribution < 1.29 is 17.9 Å². The molecule has 1 aliphatic rings. The number of piperidine rings is 1. The van der Waals surface area contributed by atoms with Gasteiger partial charge in [-0.05, 0) is 68.0 Å². The third kappa shape index (κ3) is 5.28. The molecule has 1 aliphatic heterocycles. The van der Waals surface area contributed by atoms with Crippen LogP contribution in [0.15, 0.2) is 47.4 Å². The van der Waals surface area contributed by atoms with Crippen LogP contribution in [0.3, 0.4) is 0 Å². The number of nitrogens with zero attached hydrogens (tertiary/aromatic N) is 1. The van der Waals surface area contributed by atoms with Crippen LogP contribution in [0.5, 0.6) is 5.75 Å². The molecule has 1 heterocycles. The topological polar surface area (TPSA) is 75.7 Å². The zero-order chi connectivity index (χ0) is 22.6. The predicted molar refractivity (Wildman–Crippen MR) is 123 cm³/mol. The van der Waals surface area contributed by atoms with Gasteiger partial charge in [0.2, 0.25) is 15.9 Å². The minimum absolute atomic E-state index is 0.0330. The Morgan fingerprint density at radius 2 is 1.77 bits per heavy atom. The van der Waals surface area contributed by atoms with Gasteiger partial charge in [-0.2, -0.15) is 4.31 Å². The lowest BCUT2D eigenvalue weighted by Crippen LogP contribution is -2.41. The highest BCUT2D eigenvalue weighted by atomic mass is 32.2. The second-order valence-electron chi connectivity index (χ2n) is 8.27. The number of benzene rings is 2. The summed E-state index contributed by atoms with van der Waals surface area (Å²) in [6, 6.07) is 12.5. The van der Waals surface area contributed by atoms with Crippen molar-refractivity contribution >= 4 is 21.6 Å². The molecule has 1 fully saturated rings. The summed E-state index contributed by atoms with van der Waals surface area (Å²) in [5.41, 5.74) is 3.03. The first-order valence-electron chi connectivity index (χ1n) is 10.9. The zero-order valence-corrected chi connectivity index (χ0v) is 19.5. The van der Waals surface area contributed by atoms with E-state index in [1.54, 1.807) is 24.3 Å². The van der Waals surface area contributed by atoms with Crippen molar-refractivity contribution in [2.45, 2.75) is 51.3 Å². The number of aryl methyl sites for hydroxylation is 1. The van der Waals surface area contributed by atoms with E-state index in [1.165, 1.54) is 4.31 Å². The number of para-hydroxylation sites is 1. The molecular weight excluding hydrogens is 412 g/mol. The number of sulfonamides is 1. The summed E-state index contributed by atoms with van der Waals surface area (Å²) < 4.78 is 32.8. The maximum Gasteiger partial charge on any atom is 0.243 e. The fraction of sp³-hybridized carbons (Fsp3) is 0.458. The van der Waals surface area contributed by atoms with Crippen LogP contribution in [-0.2, 0) is 14.8 Å². The number of nitrogens with one attached hydrogen (secondary N) is 1. The van der Waals surface area contributed by atoms with Crippen molar-refractivity contribution in [3.8, 4) is 5.75 Å².